The zero-order valence-electron chi connectivity index (χ0n) is 11.0. The topological polar surface area (TPSA) is 41.0 Å². The summed E-state index contributed by atoms with van der Waals surface area (Å²) in [5, 5.41) is 2.73. The first-order valence-electron chi connectivity index (χ1n) is 6.45. The van der Waals surface area contributed by atoms with Crippen LogP contribution in [-0.4, -0.2) is 40.5 Å². The van der Waals surface area contributed by atoms with E-state index < -0.39 is 12.0 Å². The van der Waals surface area contributed by atoms with Gasteiger partial charge < -0.3 is 10.2 Å². The largest absolute Gasteiger partial charge is 0.451 e. The average molecular weight is 309 g/mol. The first-order chi connectivity index (χ1) is 9.34. The lowest BCUT2D eigenvalue weighted by molar-refractivity contribution is -0.144. The number of alkyl halides is 3. The second kappa shape index (κ2) is 6.13. The molecule has 0 aromatic carbocycles. The van der Waals surface area contributed by atoms with Crippen LogP contribution in [0.2, 0.25) is 5.15 Å². The zero-order chi connectivity index (χ0) is 14.8. The van der Waals surface area contributed by atoms with Crippen molar-refractivity contribution in [2.75, 3.05) is 25.0 Å². The number of anilines is 1. The van der Waals surface area contributed by atoms with Crippen molar-refractivity contribution in [3.8, 4) is 0 Å². The van der Waals surface area contributed by atoms with E-state index in [9.17, 15) is 13.2 Å². The highest BCUT2D eigenvalue weighted by molar-refractivity contribution is 6.29. The molecule has 0 spiro atoms. The molecule has 0 radical (unpaired) electrons. The van der Waals surface area contributed by atoms with Crippen molar-refractivity contribution in [3.05, 3.63) is 17.0 Å². The van der Waals surface area contributed by atoms with Crippen LogP contribution < -0.4 is 5.32 Å². The number of nitrogens with zero attached hydrogens (tertiary/aromatic N) is 3. The molecule has 1 atom stereocenters. The Morgan fingerprint density at radius 2 is 2.00 bits per heavy atom. The maximum absolute atomic E-state index is 12.6. The predicted octanol–water partition coefficient (Wildman–Crippen LogP) is 3.05. The van der Waals surface area contributed by atoms with Crippen molar-refractivity contribution in [1.82, 2.24) is 14.9 Å². The van der Waals surface area contributed by atoms with Gasteiger partial charge in [0.05, 0.1) is 0 Å². The number of nitrogens with one attached hydrogen (secondary N) is 1. The van der Waals surface area contributed by atoms with Crippen molar-refractivity contribution in [2.24, 2.45) is 0 Å². The Morgan fingerprint density at radius 1 is 1.35 bits per heavy atom. The molecule has 8 heteroatoms. The molecule has 4 nitrogen and oxygen atoms in total. The van der Waals surface area contributed by atoms with E-state index in [1.54, 1.807) is 0 Å². The Hall–Kier alpha value is -1.08. The fourth-order valence-electron chi connectivity index (χ4n) is 2.27. The number of likely N-dealkylation sites (tertiary alicyclic amines) is 1. The monoisotopic (exact) mass is 308 g/mol. The summed E-state index contributed by atoms with van der Waals surface area (Å²) in [6.45, 7) is 4.74. The molecule has 1 aliphatic rings. The first kappa shape index (κ1) is 15.3. The summed E-state index contributed by atoms with van der Waals surface area (Å²) in [6.07, 6.45) is -2.26. The number of hydrogen-bond donors (Lipinski definition) is 1. The standard InChI is InChI=1S/C12H16ClF3N4/c1-8(7-20-4-2-3-5-20)17-10-6-9(13)18-11(19-10)12(14,15)16/h6,8H,2-5,7H2,1H3,(H,17,18,19). The van der Waals surface area contributed by atoms with E-state index in [1.807, 2.05) is 6.92 Å². The molecule has 1 fully saturated rings. The quantitative estimate of drug-likeness (QED) is 0.868. The van der Waals surface area contributed by atoms with Crippen molar-refractivity contribution < 1.29 is 13.2 Å². The Labute approximate surface area is 120 Å². The van der Waals surface area contributed by atoms with Crippen LogP contribution in [0.15, 0.2) is 6.07 Å². The van der Waals surface area contributed by atoms with Gasteiger partial charge in [0.1, 0.15) is 11.0 Å². The van der Waals surface area contributed by atoms with Crippen LogP contribution in [0.25, 0.3) is 0 Å². The van der Waals surface area contributed by atoms with Gasteiger partial charge >= 0.3 is 6.18 Å². The fraction of sp³-hybridized carbons (Fsp3) is 0.667. The van der Waals surface area contributed by atoms with Crippen molar-refractivity contribution in [3.63, 3.8) is 0 Å². The second-order valence-corrected chi connectivity index (χ2v) is 5.34. The molecule has 2 heterocycles. The van der Waals surface area contributed by atoms with E-state index in [2.05, 4.69) is 20.2 Å². The fourth-order valence-corrected chi connectivity index (χ4v) is 2.45. The van der Waals surface area contributed by atoms with Crippen molar-refractivity contribution >= 4 is 17.4 Å². The lowest BCUT2D eigenvalue weighted by Gasteiger charge is -2.21. The molecule has 1 aromatic rings. The molecule has 0 bridgehead atoms. The molecule has 1 N–H and O–H groups in total. The molecule has 2 rings (SSSR count). The van der Waals surface area contributed by atoms with Gasteiger partial charge in [0.2, 0.25) is 5.82 Å². The summed E-state index contributed by atoms with van der Waals surface area (Å²) in [4.78, 5) is 8.93. The van der Waals surface area contributed by atoms with Gasteiger partial charge in [0, 0.05) is 18.7 Å². The van der Waals surface area contributed by atoms with Gasteiger partial charge in [-0.25, -0.2) is 9.97 Å². The van der Waals surface area contributed by atoms with Crippen LogP contribution in [0.5, 0.6) is 0 Å². The molecule has 20 heavy (non-hydrogen) atoms. The number of hydrogen-bond acceptors (Lipinski definition) is 4. The second-order valence-electron chi connectivity index (χ2n) is 4.95. The van der Waals surface area contributed by atoms with E-state index in [-0.39, 0.29) is 17.0 Å². The number of rotatable bonds is 4. The minimum absolute atomic E-state index is 0.0137. The van der Waals surface area contributed by atoms with Gasteiger partial charge in [-0.3, -0.25) is 0 Å². The van der Waals surface area contributed by atoms with Crippen LogP contribution in [0, 0.1) is 0 Å². The molecule has 112 valence electrons. The highest BCUT2D eigenvalue weighted by Gasteiger charge is 2.35. The number of aromatic nitrogens is 2. The third-order valence-electron chi connectivity index (χ3n) is 3.07. The normalized spacial score (nSPS) is 18.2. The Balaban J connectivity index is 2.02. The lowest BCUT2D eigenvalue weighted by Crippen LogP contribution is -2.33. The van der Waals surface area contributed by atoms with Gasteiger partial charge in [0.15, 0.2) is 0 Å². The van der Waals surface area contributed by atoms with Crippen LogP contribution in [0.3, 0.4) is 0 Å². The highest BCUT2D eigenvalue weighted by atomic mass is 35.5. The summed E-state index contributed by atoms with van der Waals surface area (Å²) in [7, 11) is 0. The molecule has 1 aliphatic heterocycles. The van der Waals surface area contributed by atoms with Gasteiger partial charge in [-0.2, -0.15) is 13.2 Å². The molecular weight excluding hydrogens is 293 g/mol. The highest BCUT2D eigenvalue weighted by Crippen LogP contribution is 2.28. The minimum atomic E-state index is -4.60. The molecule has 1 unspecified atom stereocenters. The van der Waals surface area contributed by atoms with E-state index in [0.29, 0.717) is 0 Å². The summed E-state index contributed by atoms with van der Waals surface area (Å²) in [6, 6.07) is 1.29. The summed E-state index contributed by atoms with van der Waals surface area (Å²) < 4.78 is 37.8. The molecule has 1 aromatic heterocycles. The van der Waals surface area contributed by atoms with E-state index >= 15 is 0 Å². The van der Waals surface area contributed by atoms with Crippen LogP contribution in [0.1, 0.15) is 25.6 Å². The van der Waals surface area contributed by atoms with Gasteiger partial charge in [-0.05, 0) is 32.9 Å². The molecule has 1 saturated heterocycles. The van der Waals surface area contributed by atoms with Gasteiger partial charge in [0.25, 0.3) is 0 Å². The van der Waals surface area contributed by atoms with E-state index in [4.69, 9.17) is 11.6 Å². The molecule has 0 amide bonds. The van der Waals surface area contributed by atoms with Gasteiger partial charge in [-0.1, -0.05) is 11.6 Å². The van der Waals surface area contributed by atoms with Crippen LogP contribution in [0.4, 0.5) is 19.0 Å². The SMILES string of the molecule is CC(CN1CCCC1)Nc1cc(Cl)nc(C(F)(F)F)n1. The summed E-state index contributed by atoms with van der Waals surface area (Å²) in [5.74, 6) is -1.12. The van der Waals surface area contributed by atoms with E-state index in [1.165, 1.54) is 18.9 Å². The maximum atomic E-state index is 12.6. The molecule has 0 saturated carbocycles. The smallest absolute Gasteiger partial charge is 0.366 e. The summed E-state index contributed by atoms with van der Waals surface area (Å²) >= 11 is 5.61. The Bertz CT molecular complexity index is 461. The predicted molar refractivity (Wildman–Crippen MR) is 70.8 cm³/mol. The maximum Gasteiger partial charge on any atom is 0.451 e. The molecule has 0 aliphatic carbocycles. The third-order valence-corrected chi connectivity index (χ3v) is 3.27. The van der Waals surface area contributed by atoms with Gasteiger partial charge in [-0.15, -0.1) is 0 Å². The molecular formula is C12H16ClF3N4. The van der Waals surface area contributed by atoms with Crippen molar-refractivity contribution in [1.29, 1.82) is 0 Å². The minimum Gasteiger partial charge on any atom is -0.366 e. The summed E-state index contributed by atoms with van der Waals surface area (Å²) in [5.41, 5.74) is 0. The first-order valence-corrected chi connectivity index (χ1v) is 6.83. The lowest BCUT2D eigenvalue weighted by atomic mass is 10.3. The average Bonchev–Trinajstić information content (AvgIpc) is 2.79. The number of halogens is 4. The van der Waals surface area contributed by atoms with E-state index in [0.717, 1.165) is 19.6 Å². The zero-order valence-corrected chi connectivity index (χ0v) is 11.8. The van der Waals surface area contributed by atoms with Crippen LogP contribution >= 0.6 is 11.6 Å². The Kier molecular flexibility index (Phi) is 4.70. The van der Waals surface area contributed by atoms with Crippen LogP contribution in [-0.2, 0) is 6.18 Å². The third kappa shape index (κ3) is 4.21. The van der Waals surface area contributed by atoms with Crippen molar-refractivity contribution in [2.45, 2.75) is 32.0 Å². The Morgan fingerprint density at radius 3 is 2.60 bits per heavy atom.